The molecule has 0 fully saturated rings. The molecule has 3 aromatic rings. The van der Waals surface area contributed by atoms with Crippen LogP contribution in [0.1, 0.15) is 25.0 Å². The number of hydrogen-bond acceptors (Lipinski definition) is 4. The van der Waals surface area contributed by atoms with Gasteiger partial charge in [0.2, 0.25) is 0 Å². The molecule has 0 radical (unpaired) electrons. The van der Waals surface area contributed by atoms with E-state index in [-0.39, 0.29) is 9.92 Å². The van der Waals surface area contributed by atoms with Gasteiger partial charge >= 0.3 is 0 Å². The van der Waals surface area contributed by atoms with Crippen LogP contribution in [0.3, 0.4) is 0 Å². The Bertz CT molecular complexity index is 1200. The predicted octanol–water partition coefficient (Wildman–Crippen LogP) is 5.69. The summed E-state index contributed by atoms with van der Waals surface area (Å²) >= 11 is 7.49. The highest BCUT2D eigenvalue weighted by Gasteiger charge is 2.17. The van der Waals surface area contributed by atoms with Gasteiger partial charge in [0, 0.05) is 28.7 Å². The summed E-state index contributed by atoms with van der Waals surface area (Å²) in [6, 6.07) is 11.2. The zero-order valence-electron chi connectivity index (χ0n) is 15.7. The maximum absolute atomic E-state index is 11.7. The fourth-order valence-electron chi connectivity index (χ4n) is 2.94. The fourth-order valence-corrected chi connectivity index (χ4v) is 5.35. The fraction of sp³-hybridized carbons (Fsp3) is 0.250. The largest absolute Gasteiger partial charge is 0.320 e. The second-order valence-corrected chi connectivity index (χ2v) is 10.1. The normalized spacial score (nSPS) is 12.5. The molecule has 8 heteroatoms. The molecule has 1 heterocycles. The summed E-state index contributed by atoms with van der Waals surface area (Å²) in [6.45, 7) is 4.26. The minimum atomic E-state index is -3.92. The molecule has 0 saturated carbocycles. The summed E-state index contributed by atoms with van der Waals surface area (Å²) in [5, 5.41) is 2.05. The van der Waals surface area contributed by atoms with E-state index in [1.165, 1.54) is 28.5 Å². The highest BCUT2D eigenvalue weighted by atomic mass is 35.7. The first kappa shape index (κ1) is 21.1. The van der Waals surface area contributed by atoms with E-state index >= 15 is 0 Å². The minimum Gasteiger partial charge on any atom is -0.320 e. The quantitative estimate of drug-likeness (QED) is 0.464. The molecule has 0 bridgehead atoms. The Kier molecular flexibility index (Phi) is 6.34. The smallest absolute Gasteiger partial charge is 0.262 e. The van der Waals surface area contributed by atoms with Gasteiger partial charge in [-0.1, -0.05) is 43.6 Å². The van der Waals surface area contributed by atoms with Gasteiger partial charge in [-0.05, 0) is 42.2 Å². The highest BCUT2D eigenvalue weighted by Crippen LogP contribution is 2.30. The van der Waals surface area contributed by atoms with Crippen molar-refractivity contribution in [3.05, 3.63) is 62.7 Å². The standard InChI is InChI=1S/C20H20Cl2N2O2S2/c1-4-13-6-9-17(14(5-2)10-13)23-20-24(3)18(12-27-20)15-7-8-16(21)19(11-15)28(22,25)26/h6-12H,4-5H2,1-3H3. The molecule has 0 aliphatic rings. The molecule has 2 aromatic carbocycles. The van der Waals surface area contributed by atoms with Gasteiger partial charge in [0.1, 0.15) is 4.90 Å². The highest BCUT2D eigenvalue weighted by molar-refractivity contribution is 8.13. The molecule has 0 spiro atoms. The third-order valence-electron chi connectivity index (χ3n) is 4.56. The van der Waals surface area contributed by atoms with Gasteiger partial charge in [-0.3, -0.25) is 0 Å². The third-order valence-corrected chi connectivity index (χ3v) is 7.28. The average Bonchev–Trinajstić information content (AvgIpc) is 3.02. The summed E-state index contributed by atoms with van der Waals surface area (Å²) < 4.78 is 25.4. The van der Waals surface area contributed by atoms with Gasteiger partial charge in [0.25, 0.3) is 9.05 Å². The molecule has 0 N–H and O–H groups in total. The molecule has 0 unspecified atom stereocenters. The first-order chi connectivity index (χ1) is 13.2. The van der Waals surface area contributed by atoms with E-state index in [0.717, 1.165) is 29.0 Å². The lowest BCUT2D eigenvalue weighted by Crippen LogP contribution is -2.11. The zero-order valence-corrected chi connectivity index (χ0v) is 18.9. The van der Waals surface area contributed by atoms with Crippen molar-refractivity contribution < 1.29 is 8.42 Å². The number of hydrogen-bond donors (Lipinski definition) is 0. The summed E-state index contributed by atoms with van der Waals surface area (Å²) in [4.78, 5) is 5.56. The van der Waals surface area contributed by atoms with Crippen LogP contribution in [0.2, 0.25) is 5.02 Å². The monoisotopic (exact) mass is 454 g/mol. The Hall–Kier alpha value is -1.60. The van der Waals surface area contributed by atoms with Crippen LogP contribution in [0.5, 0.6) is 0 Å². The lowest BCUT2D eigenvalue weighted by Gasteiger charge is -2.07. The van der Waals surface area contributed by atoms with Gasteiger partial charge in [0.15, 0.2) is 4.80 Å². The molecule has 0 saturated heterocycles. The minimum absolute atomic E-state index is 0.0959. The van der Waals surface area contributed by atoms with Crippen molar-refractivity contribution in [2.75, 3.05) is 0 Å². The Morgan fingerprint density at radius 2 is 1.86 bits per heavy atom. The maximum atomic E-state index is 11.7. The van der Waals surface area contributed by atoms with Crippen molar-refractivity contribution in [3.8, 4) is 11.3 Å². The summed E-state index contributed by atoms with van der Waals surface area (Å²) in [5.74, 6) is 0. The third kappa shape index (κ3) is 4.35. The Balaban J connectivity index is 2.10. The van der Waals surface area contributed by atoms with Crippen LogP contribution >= 0.6 is 33.6 Å². The second kappa shape index (κ2) is 8.41. The predicted molar refractivity (Wildman–Crippen MR) is 117 cm³/mol. The van der Waals surface area contributed by atoms with E-state index in [4.69, 9.17) is 27.3 Å². The SMILES string of the molecule is CCc1ccc(N=c2scc(-c3ccc(Cl)c(S(=O)(=O)Cl)c3)n2C)c(CC)c1. The molecule has 0 atom stereocenters. The number of thiazole rings is 1. The van der Waals surface area contributed by atoms with Crippen LogP contribution in [0, 0.1) is 0 Å². The number of halogens is 2. The van der Waals surface area contributed by atoms with E-state index in [1.54, 1.807) is 12.1 Å². The molecule has 0 aliphatic heterocycles. The summed E-state index contributed by atoms with van der Waals surface area (Å²) in [7, 11) is 3.48. The number of benzene rings is 2. The van der Waals surface area contributed by atoms with E-state index < -0.39 is 9.05 Å². The lowest BCUT2D eigenvalue weighted by molar-refractivity contribution is 0.609. The van der Waals surface area contributed by atoms with Crippen molar-refractivity contribution in [1.29, 1.82) is 0 Å². The average molecular weight is 455 g/mol. The van der Waals surface area contributed by atoms with Gasteiger partial charge in [-0.15, -0.1) is 11.3 Å². The number of aryl methyl sites for hydroxylation is 2. The van der Waals surface area contributed by atoms with Gasteiger partial charge in [-0.2, -0.15) is 0 Å². The van der Waals surface area contributed by atoms with Crippen LogP contribution in [0.4, 0.5) is 5.69 Å². The van der Waals surface area contributed by atoms with Gasteiger partial charge < -0.3 is 4.57 Å². The van der Waals surface area contributed by atoms with Gasteiger partial charge in [-0.25, -0.2) is 13.4 Å². The molecular formula is C20H20Cl2N2O2S2. The van der Waals surface area contributed by atoms with Crippen LogP contribution < -0.4 is 4.80 Å². The van der Waals surface area contributed by atoms with E-state index in [0.29, 0.717) is 5.56 Å². The first-order valence-corrected chi connectivity index (χ1v) is 12.4. The number of rotatable bonds is 5. The number of nitrogens with zero attached hydrogens (tertiary/aromatic N) is 2. The van der Waals surface area contributed by atoms with Crippen LogP contribution in [-0.4, -0.2) is 13.0 Å². The van der Waals surface area contributed by atoms with E-state index in [2.05, 4.69) is 32.0 Å². The van der Waals surface area contributed by atoms with Gasteiger partial charge in [0.05, 0.1) is 16.4 Å². The Morgan fingerprint density at radius 3 is 2.50 bits per heavy atom. The Morgan fingerprint density at radius 1 is 1.11 bits per heavy atom. The number of aromatic nitrogens is 1. The van der Waals surface area contributed by atoms with E-state index in [1.807, 2.05) is 17.0 Å². The van der Waals surface area contributed by atoms with Crippen LogP contribution in [0.15, 0.2) is 51.7 Å². The van der Waals surface area contributed by atoms with Crippen LogP contribution in [-0.2, 0) is 28.9 Å². The molecular weight excluding hydrogens is 435 g/mol. The molecule has 148 valence electrons. The maximum Gasteiger partial charge on any atom is 0.262 e. The Labute approximate surface area is 178 Å². The first-order valence-electron chi connectivity index (χ1n) is 8.80. The molecule has 28 heavy (non-hydrogen) atoms. The van der Waals surface area contributed by atoms with Crippen molar-refractivity contribution in [2.24, 2.45) is 12.0 Å². The molecule has 4 nitrogen and oxygen atoms in total. The van der Waals surface area contributed by atoms with Crippen molar-refractivity contribution >= 4 is 48.4 Å². The molecule has 0 aliphatic carbocycles. The lowest BCUT2D eigenvalue weighted by atomic mass is 10.1. The van der Waals surface area contributed by atoms with Crippen molar-refractivity contribution in [1.82, 2.24) is 4.57 Å². The molecule has 3 rings (SSSR count). The van der Waals surface area contributed by atoms with Crippen molar-refractivity contribution in [3.63, 3.8) is 0 Å². The topological polar surface area (TPSA) is 51.4 Å². The zero-order chi connectivity index (χ0) is 20.5. The second-order valence-electron chi connectivity index (χ2n) is 6.33. The molecule has 1 aromatic heterocycles. The van der Waals surface area contributed by atoms with Crippen molar-refractivity contribution in [2.45, 2.75) is 31.6 Å². The molecule has 0 amide bonds. The summed E-state index contributed by atoms with van der Waals surface area (Å²) in [6.07, 6.45) is 1.90. The summed E-state index contributed by atoms with van der Waals surface area (Å²) in [5.41, 5.74) is 4.99. The van der Waals surface area contributed by atoms with Crippen LogP contribution in [0.25, 0.3) is 11.3 Å². The van der Waals surface area contributed by atoms with E-state index in [9.17, 15) is 8.42 Å².